The smallest absolute Gasteiger partial charge is 0.239 e. The summed E-state index contributed by atoms with van der Waals surface area (Å²) in [6.07, 6.45) is 4.66. The molecule has 2 saturated heterocycles. The van der Waals surface area contributed by atoms with Gasteiger partial charge < -0.3 is 10.2 Å². The van der Waals surface area contributed by atoms with Gasteiger partial charge in [-0.05, 0) is 51.5 Å². The Kier molecular flexibility index (Phi) is 9.38. The largest absolute Gasteiger partial charge is 0.349 e. The molecule has 2 amide bonds. The number of likely N-dealkylation sites (tertiary alicyclic amines) is 1. The fraction of sp³-hybridized carbons (Fsp3) is 0.692. The minimum Gasteiger partial charge on any atom is -0.349 e. The van der Waals surface area contributed by atoms with Crippen LogP contribution in [0.15, 0.2) is 18.2 Å². The van der Waals surface area contributed by atoms with Crippen LogP contribution in [-0.4, -0.2) is 68.3 Å². The van der Waals surface area contributed by atoms with E-state index in [1.807, 2.05) is 6.92 Å². The summed E-state index contributed by atoms with van der Waals surface area (Å²) in [5, 5.41) is 9.19. The van der Waals surface area contributed by atoms with E-state index in [9.17, 15) is 26.8 Å². The number of nitrogens with one attached hydrogen (secondary N) is 4. The van der Waals surface area contributed by atoms with Gasteiger partial charge in [-0.3, -0.25) is 20.2 Å². The average Bonchev–Trinajstić information content (AvgIpc) is 3.57. The zero-order chi connectivity index (χ0) is 27.4. The molecule has 1 aliphatic carbocycles. The molecule has 4 rings (SSSR count). The van der Waals surface area contributed by atoms with Crippen molar-refractivity contribution in [1.29, 1.82) is 0 Å². The predicted octanol–water partition coefficient (Wildman–Crippen LogP) is 1.91. The minimum atomic E-state index is -3.76. The fourth-order valence-corrected chi connectivity index (χ4v) is 6.63. The van der Waals surface area contributed by atoms with Gasteiger partial charge in [0.15, 0.2) is 0 Å². The topological polar surface area (TPSA) is 120 Å². The molecule has 4 N–H and O–H groups in total. The molecule has 0 spiro atoms. The molecule has 5 atom stereocenters. The molecule has 0 radical (unpaired) electrons. The number of benzene rings is 1. The number of nitrogens with zero attached hydrogens (tertiary/aromatic N) is 1. The quantitative estimate of drug-likeness (QED) is 0.331. The molecule has 38 heavy (non-hydrogen) atoms. The van der Waals surface area contributed by atoms with Gasteiger partial charge in [-0.15, -0.1) is 0 Å². The Hall–Kier alpha value is -2.15. The Morgan fingerprint density at radius 1 is 1.18 bits per heavy atom. The first kappa shape index (κ1) is 28.8. The molecule has 3 aliphatic rings. The van der Waals surface area contributed by atoms with E-state index >= 15 is 0 Å². The van der Waals surface area contributed by atoms with Gasteiger partial charge in [0.1, 0.15) is 17.7 Å². The lowest BCUT2D eigenvalue weighted by Gasteiger charge is -2.34. The van der Waals surface area contributed by atoms with E-state index in [-0.39, 0.29) is 24.1 Å². The van der Waals surface area contributed by atoms with E-state index in [2.05, 4.69) is 20.7 Å². The van der Waals surface area contributed by atoms with Crippen molar-refractivity contribution in [2.75, 3.05) is 18.8 Å². The summed E-state index contributed by atoms with van der Waals surface area (Å²) in [4.78, 5) is 28.2. The molecule has 2 aliphatic heterocycles. The zero-order valence-corrected chi connectivity index (χ0v) is 22.8. The highest BCUT2D eigenvalue weighted by atomic mass is 32.2. The van der Waals surface area contributed by atoms with E-state index in [1.54, 1.807) is 11.8 Å². The summed E-state index contributed by atoms with van der Waals surface area (Å²) >= 11 is 0. The Labute approximate surface area is 223 Å². The van der Waals surface area contributed by atoms with Crippen LogP contribution in [0.1, 0.15) is 70.4 Å². The van der Waals surface area contributed by atoms with Gasteiger partial charge in [0.25, 0.3) is 0 Å². The van der Waals surface area contributed by atoms with Gasteiger partial charge in [0.05, 0.1) is 24.4 Å². The van der Waals surface area contributed by atoms with E-state index < -0.39 is 51.9 Å². The Morgan fingerprint density at radius 2 is 1.95 bits per heavy atom. The van der Waals surface area contributed by atoms with Crippen molar-refractivity contribution in [2.45, 2.75) is 89.1 Å². The van der Waals surface area contributed by atoms with E-state index in [1.165, 1.54) is 12.1 Å². The number of amides is 2. The monoisotopic (exact) mass is 555 g/mol. The van der Waals surface area contributed by atoms with Gasteiger partial charge in [-0.2, -0.15) is 0 Å². The number of hydrogen-bond donors (Lipinski definition) is 4. The van der Waals surface area contributed by atoms with Crippen molar-refractivity contribution in [1.82, 2.24) is 25.6 Å². The maximum Gasteiger partial charge on any atom is 0.239 e. The van der Waals surface area contributed by atoms with Gasteiger partial charge in [-0.25, -0.2) is 21.9 Å². The Bertz CT molecular complexity index is 1120. The lowest BCUT2D eigenvalue weighted by atomic mass is 10.0. The van der Waals surface area contributed by atoms with Crippen molar-refractivity contribution in [3.63, 3.8) is 0 Å². The second-order valence-corrected chi connectivity index (χ2v) is 12.8. The van der Waals surface area contributed by atoms with Crippen LogP contribution in [0.25, 0.3) is 0 Å². The predicted molar refractivity (Wildman–Crippen MR) is 139 cm³/mol. The lowest BCUT2D eigenvalue weighted by molar-refractivity contribution is -0.137. The Balaban J connectivity index is 1.40. The molecule has 3 fully saturated rings. The molecule has 1 saturated carbocycles. The van der Waals surface area contributed by atoms with E-state index in [0.29, 0.717) is 31.0 Å². The highest BCUT2D eigenvalue weighted by Gasteiger charge is 2.35. The molecular weight excluding hydrogens is 516 g/mol. The minimum absolute atomic E-state index is 0.0426. The highest BCUT2D eigenvalue weighted by molar-refractivity contribution is 7.89. The second-order valence-electron chi connectivity index (χ2n) is 10.9. The maximum atomic E-state index is 14.2. The highest BCUT2D eigenvalue weighted by Crippen LogP contribution is 2.32. The molecular formula is C26H39F2N5O4S. The molecule has 2 unspecified atom stereocenters. The Morgan fingerprint density at radius 3 is 2.63 bits per heavy atom. The van der Waals surface area contributed by atoms with Crippen molar-refractivity contribution in [2.24, 2.45) is 5.92 Å². The molecule has 212 valence electrons. The molecule has 9 nitrogen and oxygen atoms in total. The number of sulfonamides is 1. The van der Waals surface area contributed by atoms with Gasteiger partial charge in [0.2, 0.25) is 21.8 Å². The number of carbonyl (C=O) groups is 2. The summed E-state index contributed by atoms with van der Waals surface area (Å²) < 4.78 is 55.6. The average molecular weight is 556 g/mol. The molecule has 0 bridgehead atoms. The normalized spacial score (nSPS) is 25.7. The van der Waals surface area contributed by atoms with Crippen LogP contribution in [0.2, 0.25) is 0 Å². The molecule has 12 heteroatoms. The first-order chi connectivity index (χ1) is 18.0. The summed E-state index contributed by atoms with van der Waals surface area (Å²) in [6.45, 7) is 4.65. The van der Waals surface area contributed by atoms with Crippen LogP contribution in [0.3, 0.4) is 0 Å². The molecule has 0 aromatic heterocycles. The number of carbonyl (C=O) groups excluding carboxylic acids is 2. The first-order valence-corrected chi connectivity index (χ1v) is 15.2. The van der Waals surface area contributed by atoms with Crippen molar-refractivity contribution < 1.29 is 26.8 Å². The first-order valence-electron chi connectivity index (χ1n) is 13.6. The molecule has 2 heterocycles. The van der Waals surface area contributed by atoms with Crippen molar-refractivity contribution >= 4 is 21.8 Å². The maximum absolute atomic E-state index is 14.2. The van der Waals surface area contributed by atoms with Gasteiger partial charge in [0, 0.05) is 36.8 Å². The third kappa shape index (κ3) is 7.71. The third-order valence-electron chi connectivity index (χ3n) is 7.76. The SMILES string of the molecule is C[C@H](NC(=O)[C@H](CC(=O)N1CCCC[C@@H]1C)NS(=O)(=O)CCC1CC1)C1NCC(c2ccc(F)cc2F)N1. The number of halogens is 2. The fourth-order valence-electron chi connectivity index (χ4n) is 5.25. The lowest BCUT2D eigenvalue weighted by Crippen LogP contribution is -2.57. The van der Waals surface area contributed by atoms with E-state index in [4.69, 9.17) is 0 Å². The van der Waals surface area contributed by atoms with Crippen LogP contribution >= 0.6 is 0 Å². The summed E-state index contributed by atoms with van der Waals surface area (Å²) in [5.74, 6) is -1.83. The summed E-state index contributed by atoms with van der Waals surface area (Å²) in [6, 6.07) is 1.26. The third-order valence-corrected chi connectivity index (χ3v) is 9.18. The summed E-state index contributed by atoms with van der Waals surface area (Å²) in [7, 11) is -3.76. The van der Waals surface area contributed by atoms with Crippen molar-refractivity contribution in [3.8, 4) is 0 Å². The second kappa shape index (κ2) is 12.4. The summed E-state index contributed by atoms with van der Waals surface area (Å²) in [5.41, 5.74) is 0.308. The standard InChI is InChI=1S/C26H39F2N5O4S/c1-16-5-3-4-11-33(16)24(34)14-22(32-38(36,37)12-10-18-6-7-18)26(35)30-17(2)25-29-15-23(31-25)20-9-8-19(27)13-21(20)28/h8-9,13,16-18,22-23,25,29,31-32H,3-7,10-12,14-15H2,1-2H3,(H,30,35)/t16-,17-,22-,23?,25?/m0/s1. The van der Waals surface area contributed by atoms with Crippen LogP contribution in [0.4, 0.5) is 8.78 Å². The van der Waals surface area contributed by atoms with E-state index in [0.717, 1.165) is 38.2 Å². The van der Waals surface area contributed by atoms with Crippen LogP contribution < -0.4 is 20.7 Å². The zero-order valence-electron chi connectivity index (χ0n) is 22.0. The van der Waals surface area contributed by atoms with Crippen LogP contribution in [-0.2, 0) is 19.6 Å². The van der Waals surface area contributed by atoms with Gasteiger partial charge in [-0.1, -0.05) is 18.9 Å². The van der Waals surface area contributed by atoms with Gasteiger partial charge >= 0.3 is 0 Å². The number of hydrogen-bond acceptors (Lipinski definition) is 6. The molecule has 1 aromatic rings. The van der Waals surface area contributed by atoms with Crippen LogP contribution in [0.5, 0.6) is 0 Å². The van der Waals surface area contributed by atoms with Crippen molar-refractivity contribution in [3.05, 3.63) is 35.4 Å². The molecule has 1 aromatic carbocycles. The van der Waals surface area contributed by atoms with Crippen LogP contribution in [0, 0.1) is 17.6 Å². The number of piperidine rings is 1. The number of rotatable bonds is 11.